The molecule has 5 N–H and O–H groups in total. The Labute approximate surface area is 145 Å². The zero-order chi connectivity index (χ0) is 10.9. The molecular formula is C5H17NNa2O7P2. The second-order valence-electron chi connectivity index (χ2n) is 2.35. The molecular weight excluding hydrogens is 294 g/mol. The van der Waals surface area contributed by atoms with Gasteiger partial charge >= 0.3 is 59.1 Å². The first kappa shape index (κ1) is 31.6. The molecule has 0 saturated heterocycles. The summed E-state index contributed by atoms with van der Waals surface area (Å²) >= 11 is 0. The van der Waals surface area contributed by atoms with E-state index in [1.807, 2.05) is 0 Å². The average Bonchev–Trinajstić information content (AvgIpc) is 1.82. The van der Waals surface area contributed by atoms with Crippen molar-refractivity contribution >= 4 is 15.2 Å². The van der Waals surface area contributed by atoms with Crippen molar-refractivity contribution in [1.82, 2.24) is 0 Å². The van der Waals surface area contributed by atoms with Crippen molar-refractivity contribution in [3.63, 3.8) is 0 Å². The molecule has 0 radical (unpaired) electrons. The van der Waals surface area contributed by atoms with E-state index in [0.29, 0.717) is 0 Å². The largest absolute Gasteiger partial charge is 1.00 e. The van der Waals surface area contributed by atoms with Crippen molar-refractivity contribution in [3.8, 4) is 0 Å². The van der Waals surface area contributed by atoms with Gasteiger partial charge in [-0.25, -0.2) is 0 Å². The van der Waals surface area contributed by atoms with Gasteiger partial charge in [0.2, 0.25) is 0 Å². The average molecular weight is 311 g/mol. The van der Waals surface area contributed by atoms with Crippen LogP contribution in [0.3, 0.4) is 0 Å². The number of hydrogen-bond donors (Lipinski definition) is 4. The first-order valence-electron chi connectivity index (χ1n) is 3.06. The van der Waals surface area contributed by atoms with Gasteiger partial charge in [0.05, 0.1) is 0 Å². The zero-order valence-corrected chi connectivity index (χ0v) is 14.1. The van der Waals surface area contributed by atoms with Crippen molar-refractivity contribution in [2.24, 2.45) is 5.73 Å². The van der Waals surface area contributed by atoms with Crippen LogP contribution in [-0.4, -0.2) is 26.5 Å². The smallest absolute Gasteiger partial charge is 0.776 e. The van der Waals surface area contributed by atoms with Crippen LogP contribution in [0.1, 0.15) is 21.3 Å². The van der Waals surface area contributed by atoms with Crippen molar-refractivity contribution < 1.29 is 92.9 Å². The van der Waals surface area contributed by atoms with Gasteiger partial charge < -0.3 is 39.5 Å². The number of hydrogen-bond acceptors (Lipinski definition) is 6. The molecule has 96 valence electrons. The van der Waals surface area contributed by atoms with Crippen LogP contribution < -0.4 is 74.6 Å². The number of aliphatic hydroxyl groups is 1. The Morgan fingerprint density at radius 3 is 1.35 bits per heavy atom. The minimum atomic E-state index is -5.63. The second kappa shape index (κ2) is 10.9. The van der Waals surface area contributed by atoms with Crippen molar-refractivity contribution in [2.45, 2.75) is 26.4 Å². The van der Waals surface area contributed by atoms with Crippen LogP contribution in [0.25, 0.3) is 0 Å². The quantitative estimate of drug-likeness (QED) is 0.293. The molecule has 0 bridgehead atoms. The standard InChI is InChI=1S/C3H11NO7P2.2CH4.2Na/c4-2-1-3(5,12(6,7)8)13(9,10)11;;;;/h5H,1-2,4H2,(H2,6,7,8)(H2,9,10,11);2*1H4;;/q;;;2*+1/p-2. The Kier molecular flexibility index (Phi) is 20.3. The molecule has 2 unspecified atom stereocenters. The maximum Gasteiger partial charge on any atom is 1.00 e. The molecule has 0 aromatic rings. The SMILES string of the molecule is C.C.NCCC(O)(P(=O)([O-])O)P(=O)([O-])O.[Na+].[Na+]. The molecule has 0 fully saturated rings. The Morgan fingerprint density at radius 2 is 1.29 bits per heavy atom. The monoisotopic (exact) mass is 311 g/mol. The summed E-state index contributed by atoms with van der Waals surface area (Å²) in [6.45, 7) is -0.532. The second-order valence-corrected chi connectivity index (χ2v) is 6.27. The Hall–Kier alpha value is 2.22. The van der Waals surface area contributed by atoms with Crippen LogP contribution in [0.4, 0.5) is 0 Å². The van der Waals surface area contributed by atoms with Crippen LogP contribution in [0, 0.1) is 0 Å². The normalized spacial score (nSPS) is 19.6. The third-order valence-electron chi connectivity index (χ3n) is 1.38. The van der Waals surface area contributed by atoms with Crippen LogP contribution in [0.5, 0.6) is 0 Å². The fourth-order valence-electron chi connectivity index (χ4n) is 0.636. The van der Waals surface area contributed by atoms with E-state index < -0.39 is 33.2 Å². The minimum Gasteiger partial charge on any atom is -0.776 e. The van der Waals surface area contributed by atoms with E-state index >= 15 is 0 Å². The summed E-state index contributed by atoms with van der Waals surface area (Å²) in [5.74, 6) is 0. The third kappa shape index (κ3) is 8.17. The van der Waals surface area contributed by atoms with E-state index in [1.54, 1.807) is 0 Å². The van der Waals surface area contributed by atoms with E-state index in [0.717, 1.165) is 0 Å². The van der Waals surface area contributed by atoms with Gasteiger partial charge in [-0.3, -0.25) is 0 Å². The fourth-order valence-corrected chi connectivity index (χ4v) is 2.74. The molecule has 0 rings (SSSR count). The van der Waals surface area contributed by atoms with Gasteiger partial charge in [0.25, 0.3) is 0 Å². The summed E-state index contributed by atoms with van der Waals surface area (Å²) in [6.07, 6.45) is -0.998. The van der Waals surface area contributed by atoms with Crippen molar-refractivity contribution in [1.29, 1.82) is 0 Å². The molecule has 17 heavy (non-hydrogen) atoms. The van der Waals surface area contributed by atoms with Gasteiger partial charge in [-0.2, -0.15) is 0 Å². The third-order valence-corrected chi connectivity index (χ3v) is 5.16. The van der Waals surface area contributed by atoms with Gasteiger partial charge in [0.1, 0.15) is 0 Å². The summed E-state index contributed by atoms with van der Waals surface area (Å²) in [5.41, 5.74) is 4.81. The Bertz CT molecular complexity index is 255. The topological polar surface area (TPSA) is 167 Å². The molecule has 0 aliphatic rings. The summed E-state index contributed by atoms with van der Waals surface area (Å²) < 4.78 is 20.9. The number of rotatable bonds is 4. The molecule has 0 amide bonds. The van der Waals surface area contributed by atoms with E-state index in [4.69, 9.17) is 20.6 Å². The molecule has 0 aliphatic heterocycles. The van der Waals surface area contributed by atoms with E-state index in [9.17, 15) is 18.9 Å². The first-order valence-corrected chi connectivity index (χ1v) is 6.22. The van der Waals surface area contributed by atoms with Gasteiger partial charge in [0, 0.05) is 6.42 Å². The molecule has 0 aromatic carbocycles. The Balaban J connectivity index is -0.000000120. The summed E-state index contributed by atoms with van der Waals surface area (Å²) in [6, 6.07) is 0. The van der Waals surface area contributed by atoms with Gasteiger partial charge in [-0.05, 0) is 6.54 Å². The van der Waals surface area contributed by atoms with Crippen LogP contribution in [0.2, 0.25) is 0 Å². The predicted molar refractivity (Wildman–Crippen MR) is 51.7 cm³/mol. The van der Waals surface area contributed by atoms with Gasteiger partial charge in [-0.15, -0.1) is 0 Å². The van der Waals surface area contributed by atoms with Gasteiger partial charge in [0.15, 0.2) is 20.3 Å². The molecule has 12 heteroatoms. The van der Waals surface area contributed by atoms with E-state index in [2.05, 4.69) is 0 Å². The summed E-state index contributed by atoms with van der Waals surface area (Å²) in [7, 11) is -11.3. The molecule has 0 spiro atoms. The van der Waals surface area contributed by atoms with Crippen LogP contribution in [-0.2, 0) is 9.13 Å². The minimum absolute atomic E-state index is 0. The molecule has 2 atom stereocenters. The predicted octanol–water partition coefficient (Wildman–Crippen LogP) is -7.65. The van der Waals surface area contributed by atoms with E-state index in [-0.39, 0.29) is 74.0 Å². The maximum absolute atomic E-state index is 10.4. The summed E-state index contributed by atoms with van der Waals surface area (Å²) in [5, 5.41) is 5.36. The zero-order valence-electron chi connectivity index (χ0n) is 8.36. The number of nitrogens with two attached hydrogens (primary N) is 1. The van der Waals surface area contributed by atoms with E-state index in [1.165, 1.54) is 0 Å². The van der Waals surface area contributed by atoms with Crippen molar-refractivity contribution in [3.05, 3.63) is 0 Å². The Morgan fingerprint density at radius 1 is 1.06 bits per heavy atom. The molecule has 0 aromatic heterocycles. The summed E-state index contributed by atoms with van der Waals surface area (Å²) in [4.78, 5) is 37.6. The first-order chi connectivity index (χ1) is 5.56. The van der Waals surface area contributed by atoms with Crippen molar-refractivity contribution in [2.75, 3.05) is 6.54 Å². The molecule has 0 aliphatic carbocycles. The fraction of sp³-hybridized carbons (Fsp3) is 1.00. The maximum atomic E-state index is 10.4. The molecule has 8 nitrogen and oxygen atoms in total. The van der Waals surface area contributed by atoms with Crippen LogP contribution in [0.15, 0.2) is 0 Å². The molecule has 0 saturated carbocycles. The van der Waals surface area contributed by atoms with Crippen LogP contribution >= 0.6 is 15.2 Å². The molecule has 0 heterocycles. The van der Waals surface area contributed by atoms with Gasteiger partial charge in [-0.1, -0.05) is 14.9 Å².